The summed E-state index contributed by atoms with van der Waals surface area (Å²) in [4.78, 5) is 20.3. The number of hydrogen-bond acceptors (Lipinski definition) is 6. The lowest BCUT2D eigenvalue weighted by atomic mass is 9.87. The summed E-state index contributed by atoms with van der Waals surface area (Å²) in [6, 6.07) is 13.4. The van der Waals surface area contributed by atoms with Crippen LogP contribution in [0, 0.1) is 17.7 Å². The molecule has 0 atom stereocenters. The zero-order valence-electron chi connectivity index (χ0n) is 18.3. The monoisotopic (exact) mass is 456 g/mol. The number of nitrogens with zero attached hydrogens (tertiary/aromatic N) is 4. The maximum atomic E-state index is 13.4. The summed E-state index contributed by atoms with van der Waals surface area (Å²) in [5, 5.41) is 8.39. The van der Waals surface area contributed by atoms with Crippen molar-refractivity contribution in [2.24, 2.45) is 0 Å². The lowest BCUT2D eigenvalue weighted by Crippen LogP contribution is -2.44. The van der Waals surface area contributed by atoms with Gasteiger partial charge in [-0.3, -0.25) is 4.79 Å². The fraction of sp³-hybridized carbons (Fsp3) is 0.200. The number of carbonyl (C=O) groups excluding carboxylic acids is 1. The predicted molar refractivity (Wildman–Crippen MR) is 125 cm³/mol. The normalized spacial score (nSPS) is 16.9. The van der Waals surface area contributed by atoms with Gasteiger partial charge in [-0.15, -0.1) is 0 Å². The van der Waals surface area contributed by atoms with E-state index >= 15 is 0 Å². The van der Waals surface area contributed by atoms with Crippen molar-refractivity contribution in [1.82, 2.24) is 25.1 Å². The molecule has 0 saturated heterocycles. The number of rotatable bonds is 5. The first kappa shape index (κ1) is 21.4. The number of benzene rings is 2. The molecule has 2 aromatic carbocycles. The van der Waals surface area contributed by atoms with Crippen molar-refractivity contribution < 1.29 is 13.9 Å². The van der Waals surface area contributed by atoms with Crippen LogP contribution in [0.3, 0.4) is 0 Å². The van der Waals surface area contributed by atoms with Crippen LogP contribution >= 0.6 is 0 Å². The van der Waals surface area contributed by atoms with Gasteiger partial charge in [0.05, 0.1) is 11.4 Å². The third-order valence-electron chi connectivity index (χ3n) is 5.71. The molecule has 3 N–H and O–H groups in total. The van der Waals surface area contributed by atoms with Crippen molar-refractivity contribution in [1.29, 1.82) is 0 Å². The molecule has 9 heteroatoms. The van der Waals surface area contributed by atoms with Gasteiger partial charge >= 0.3 is 0 Å². The van der Waals surface area contributed by atoms with Crippen LogP contribution in [0.4, 0.5) is 10.2 Å². The SMILES string of the molecule is CC#CC(=O)N[C@H]1C[C@@H](n2nc(-c3ccc(Oc4cccc(F)c4)cc3)c3c(N)ncnc32)C1. The van der Waals surface area contributed by atoms with Gasteiger partial charge in [0.2, 0.25) is 0 Å². The number of fused-ring (bicyclic) bond motifs is 1. The van der Waals surface area contributed by atoms with Crippen LogP contribution in [0.25, 0.3) is 22.3 Å². The van der Waals surface area contributed by atoms with Crippen molar-refractivity contribution in [3.8, 4) is 34.6 Å². The first-order valence-electron chi connectivity index (χ1n) is 10.8. The summed E-state index contributed by atoms with van der Waals surface area (Å²) in [6.07, 6.45) is 2.86. The Morgan fingerprint density at radius 3 is 2.71 bits per heavy atom. The predicted octanol–water partition coefficient (Wildman–Crippen LogP) is 3.85. The van der Waals surface area contributed by atoms with E-state index in [0.29, 0.717) is 34.0 Å². The molecule has 4 aromatic rings. The number of anilines is 1. The lowest BCUT2D eigenvalue weighted by molar-refractivity contribution is -0.117. The summed E-state index contributed by atoms with van der Waals surface area (Å²) >= 11 is 0. The fourth-order valence-corrected chi connectivity index (χ4v) is 4.04. The van der Waals surface area contributed by atoms with Crippen molar-refractivity contribution >= 4 is 22.8 Å². The second kappa shape index (κ2) is 8.83. The molecule has 34 heavy (non-hydrogen) atoms. The zero-order chi connectivity index (χ0) is 23.7. The van der Waals surface area contributed by atoms with E-state index in [-0.39, 0.29) is 23.8 Å². The average Bonchev–Trinajstić information content (AvgIpc) is 3.17. The highest BCUT2D eigenvalue weighted by atomic mass is 19.1. The van der Waals surface area contributed by atoms with Crippen LogP contribution in [0.5, 0.6) is 11.5 Å². The highest BCUT2D eigenvalue weighted by molar-refractivity contribution is 5.98. The Bertz CT molecular complexity index is 1430. The highest BCUT2D eigenvalue weighted by Gasteiger charge is 2.34. The van der Waals surface area contributed by atoms with Gasteiger partial charge in [0.1, 0.15) is 35.2 Å². The van der Waals surface area contributed by atoms with E-state index in [1.807, 2.05) is 16.8 Å². The molecule has 1 amide bonds. The molecule has 1 aliphatic rings. The minimum absolute atomic E-state index is 0.0412. The molecule has 1 fully saturated rings. The van der Waals surface area contributed by atoms with E-state index < -0.39 is 0 Å². The second-order valence-corrected chi connectivity index (χ2v) is 8.01. The number of carbonyl (C=O) groups is 1. The average molecular weight is 456 g/mol. The van der Waals surface area contributed by atoms with Gasteiger partial charge in [-0.05, 0) is 62.1 Å². The van der Waals surface area contributed by atoms with Crippen LogP contribution < -0.4 is 15.8 Å². The van der Waals surface area contributed by atoms with Crippen molar-refractivity contribution in [3.05, 3.63) is 60.7 Å². The molecule has 0 spiro atoms. The molecule has 0 unspecified atom stereocenters. The topological polar surface area (TPSA) is 108 Å². The summed E-state index contributed by atoms with van der Waals surface area (Å²) in [6.45, 7) is 1.63. The summed E-state index contributed by atoms with van der Waals surface area (Å²) in [7, 11) is 0. The molecular weight excluding hydrogens is 435 g/mol. The van der Waals surface area contributed by atoms with Gasteiger partial charge in [0, 0.05) is 17.7 Å². The van der Waals surface area contributed by atoms with Crippen LogP contribution in [-0.4, -0.2) is 31.7 Å². The number of aromatic nitrogens is 4. The Hall–Kier alpha value is -4.45. The van der Waals surface area contributed by atoms with Gasteiger partial charge in [-0.25, -0.2) is 19.0 Å². The van der Waals surface area contributed by atoms with E-state index in [0.717, 1.165) is 18.4 Å². The quantitative estimate of drug-likeness (QED) is 0.442. The number of nitrogens with two attached hydrogens (primary N) is 1. The van der Waals surface area contributed by atoms with Crippen molar-refractivity contribution in [2.75, 3.05) is 5.73 Å². The summed E-state index contributed by atoms with van der Waals surface area (Å²) in [5.74, 6) is 5.78. The number of halogens is 1. The van der Waals surface area contributed by atoms with Gasteiger partial charge in [0.25, 0.3) is 5.91 Å². The fourth-order valence-electron chi connectivity index (χ4n) is 4.04. The molecule has 1 saturated carbocycles. The zero-order valence-corrected chi connectivity index (χ0v) is 18.3. The Labute approximate surface area is 195 Å². The number of amides is 1. The lowest BCUT2D eigenvalue weighted by Gasteiger charge is -2.35. The largest absolute Gasteiger partial charge is 0.457 e. The Morgan fingerprint density at radius 2 is 1.97 bits per heavy atom. The van der Waals surface area contributed by atoms with Gasteiger partial charge in [-0.2, -0.15) is 5.10 Å². The molecule has 5 rings (SSSR count). The Kier molecular flexibility index (Phi) is 5.55. The van der Waals surface area contributed by atoms with Crippen molar-refractivity contribution in [2.45, 2.75) is 31.8 Å². The number of ether oxygens (including phenoxy) is 1. The van der Waals surface area contributed by atoms with E-state index in [1.54, 1.807) is 31.2 Å². The van der Waals surface area contributed by atoms with Crippen LogP contribution in [0.1, 0.15) is 25.8 Å². The molecule has 8 nitrogen and oxygen atoms in total. The molecular formula is C25H21FN6O2. The maximum Gasteiger partial charge on any atom is 0.296 e. The molecule has 0 aliphatic heterocycles. The molecule has 0 bridgehead atoms. The summed E-state index contributed by atoms with van der Waals surface area (Å²) in [5.41, 5.74) is 8.33. The van der Waals surface area contributed by atoms with Gasteiger partial charge in [0.15, 0.2) is 5.65 Å². The minimum Gasteiger partial charge on any atom is -0.457 e. The van der Waals surface area contributed by atoms with Crippen LogP contribution in [-0.2, 0) is 4.79 Å². The molecule has 170 valence electrons. The smallest absolute Gasteiger partial charge is 0.296 e. The molecule has 1 aliphatic carbocycles. The Morgan fingerprint density at radius 1 is 1.18 bits per heavy atom. The first-order chi connectivity index (χ1) is 16.5. The minimum atomic E-state index is -0.363. The number of nitrogens with one attached hydrogen (secondary N) is 1. The van der Waals surface area contributed by atoms with E-state index in [9.17, 15) is 9.18 Å². The summed E-state index contributed by atoms with van der Waals surface area (Å²) < 4.78 is 21.0. The second-order valence-electron chi connectivity index (χ2n) is 8.01. The van der Waals surface area contributed by atoms with Gasteiger partial charge in [-0.1, -0.05) is 12.0 Å². The third kappa shape index (κ3) is 4.13. The van der Waals surface area contributed by atoms with Crippen LogP contribution in [0.2, 0.25) is 0 Å². The maximum absolute atomic E-state index is 13.4. The highest BCUT2D eigenvalue weighted by Crippen LogP contribution is 2.38. The van der Waals surface area contributed by atoms with E-state index in [4.69, 9.17) is 15.6 Å². The molecule has 2 aromatic heterocycles. The Balaban J connectivity index is 1.41. The number of hydrogen-bond donors (Lipinski definition) is 2. The first-order valence-corrected chi connectivity index (χ1v) is 10.8. The third-order valence-corrected chi connectivity index (χ3v) is 5.71. The van der Waals surface area contributed by atoms with Gasteiger partial charge < -0.3 is 15.8 Å². The molecule has 2 heterocycles. The molecule has 0 radical (unpaired) electrons. The van der Waals surface area contributed by atoms with Crippen molar-refractivity contribution in [3.63, 3.8) is 0 Å². The standard InChI is InChI=1S/C25H21FN6O2/c1-2-4-21(33)30-17-12-18(13-17)32-25-22(24(27)28-14-29-25)23(31-32)15-7-9-19(10-8-15)34-20-6-3-5-16(26)11-20/h3,5-11,14,17-18H,12-13H2,1H3,(H,30,33)(H2,27,28,29)/t17-,18+. The van der Waals surface area contributed by atoms with E-state index in [1.165, 1.54) is 18.5 Å². The van der Waals surface area contributed by atoms with E-state index in [2.05, 4.69) is 27.1 Å². The van der Waals surface area contributed by atoms with Crippen LogP contribution in [0.15, 0.2) is 54.9 Å². The number of nitrogen functional groups attached to an aromatic ring is 1.